The Balaban J connectivity index is 1.98. The summed E-state index contributed by atoms with van der Waals surface area (Å²) in [6.45, 7) is 3.95. The van der Waals surface area contributed by atoms with Gasteiger partial charge in [0.2, 0.25) is 5.95 Å². The quantitative estimate of drug-likeness (QED) is 0.721. The lowest BCUT2D eigenvalue weighted by Crippen LogP contribution is -2.13. The largest absolute Gasteiger partial charge is 0.352 e. The summed E-state index contributed by atoms with van der Waals surface area (Å²) in [6, 6.07) is 9.15. The van der Waals surface area contributed by atoms with Crippen molar-refractivity contribution in [2.45, 2.75) is 19.9 Å². The summed E-state index contributed by atoms with van der Waals surface area (Å²) >= 11 is 0. The first-order valence-corrected chi connectivity index (χ1v) is 7.79. The molecule has 0 saturated heterocycles. The van der Waals surface area contributed by atoms with Crippen molar-refractivity contribution in [1.29, 1.82) is 0 Å². The number of aromatic nitrogens is 3. The van der Waals surface area contributed by atoms with Gasteiger partial charge in [-0.05, 0) is 38.1 Å². The lowest BCUT2D eigenvalue weighted by atomic mass is 10.2. The SMILES string of the molecule is CC(C)Nc1nc(Nc2ccc(F)c(F)c2)cc(-c2ccncc2)n1. The van der Waals surface area contributed by atoms with Crippen LogP contribution in [0, 0.1) is 11.6 Å². The van der Waals surface area contributed by atoms with Crippen LogP contribution in [0.15, 0.2) is 48.8 Å². The fourth-order valence-electron chi connectivity index (χ4n) is 2.23. The molecule has 0 saturated carbocycles. The summed E-state index contributed by atoms with van der Waals surface area (Å²) in [5.74, 6) is -0.910. The molecular formula is C18H17F2N5. The molecule has 0 aliphatic rings. The van der Waals surface area contributed by atoms with Gasteiger partial charge >= 0.3 is 0 Å². The van der Waals surface area contributed by atoms with Crippen LogP contribution in [0.4, 0.5) is 26.2 Å². The average molecular weight is 341 g/mol. The van der Waals surface area contributed by atoms with E-state index in [4.69, 9.17) is 0 Å². The number of hydrogen-bond acceptors (Lipinski definition) is 5. The maximum Gasteiger partial charge on any atom is 0.225 e. The van der Waals surface area contributed by atoms with Crippen molar-refractivity contribution in [2.24, 2.45) is 0 Å². The zero-order chi connectivity index (χ0) is 17.8. The van der Waals surface area contributed by atoms with Crippen LogP contribution >= 0.6 is 0 Å². The van der Waals surface area contributed by atoms with Gasteiger partial charge in [-0.3, -0.25) is 4.98 Å². The van der Waals surface area contributed by atoms with Gasteiger partial charge in [0.25, 0.3) is 0 Å². The first kappa shape index (κ1) is 16.8. The maximum absolute atomic E-state index is 13.4. The Kier molecular flexibility index (Phi) is 4.83. The summed E-state index contributed by atoms with van der Waals surface area (Å²) in [7, 11) is 0. The number of hydrogen-bond donors (Lipinski definition) is 2. The van der Waals surface area contributed by atoms with Gasteiger partial charge < -0.3 is 10.6 Å². The number of nitrogens with zero attached hydrogens (tertiary/aromatic N) is 3. The molecule has 3 rings (SSSR count). The molecule has 0 bridgehead atoms. The first-order chi connectivity index (χ1) is 12.0. The van der Waals surface area contributed by atoms with Crippen molar-refractivity contribution in [3.05, 3.63) is 60.4 Å². The summed E-state index contributed by atoms with van der Waals surface area (Å²) < 4.78 is 26.5. The van der Waals surface area contributed by atoms with Crippen molar-refractivity contribution in [1.82, 2.24) is 15.0 Å². The highest BCUT2D eigenvalue weighted by Crippen LogP contribution is 2.24. The standard InChI is InChI=1S/C18H17F2N5/c1-11(2)22-18-24-16(12-5-7-21-8-6-12)10-17(25-18)23-13-3-4-14(19)15(20)9-13/h3-11H,1-2H3,(H2,22,23,24,25). The van der Waals surface area contributed by atoms with Crippen LogP contribution in [-0.2, 0) is 0 Å². The van der Waals surface area contributed by atoms with E-state index in [0.717, 1.165) is 17.7 Å². The second-order valence-corrected chi connectivity index (χ2v) is 5.75. The molecule has 7 heteroatoms. The van der Waals surface area contributed by atoms with E-state index in [1.54, 1.807) is 18.5 Å². The fourth-order valence-corrected chi connectivity index (χ4v) is 2.23. The van der Waals surface area contributed by atoms with Crippen LogP contribution in [0.3, 0.4) is 0 Å². The van der Waals surface area contributed by atoms with Crippen molar-refractivity contribution < 1.29 is 8.78 Å². The molecule has 0 aliphatic carbocycles. The van der Waals surface area contributed by atoms with E-state index in [-0.39, 0.29) is 6.04 Å². The molecule has 2 aromatic heterocycles. The molecule has 5 nitrogen and oxygen atoms in total. The predicted octanol–water partition coefficient (Wildman–Crippen LogP) is 4.38. The molecule has 25 heavy (non-hydrogen) atoms. The van der Waals surface area contributed by atoms with Gasteiger partial charge in [0.05, 0.1) is 5.69 Å². The summed E-state index contributed by atoms with van der Waals surface area (Å²) in [6.07, 6.45) is 3.35. The molecule has 3 aromatic rings. The minimum Gasteiger partial charge on any atom is -0.352 e. The zero-order valence-electron chi connectivity index (χ0n) is 13.8. The third-order valence-electron chi connectivity index (χ3n) is 3.31. The number of pyridine rings is 1. The van der Waals surface area contributed by atoms with Gasteiger partial charge in [0, 0.05) is 41.8 Å². The molecule has 0 unspecified atom stereocenters. The van der Waals surface area contributed by atoms with E-state index < -0.39 is 11.6 Å². The molecule has 2 N–H and O–H groups in total. The number of nitrogens with one attached hydrogen (secondary N) is 2. The highest BCUT2D eigenvalue weighted by Gasteiger charge is 2.09. The number of anilines is 3. The van der Waals surface area contributed by atoms with Crippen LogP contribution in [0.5, 0.6) is 0 Å². The van der Waals surface area contributed by atoms with Crippen molar-refractivity contribution in [3.8, 4) is 11.3 Å². The molecule has 0 spiro atoms. The average Bonchev–Trinajstić information content (AvgIpc) is 2.58. The third kappa shape index (κ3) is 4.26. The van der Waals surface area contributed by atoms with Gasteiger partial charge in [0.1, 0.15) is 5.82 Å². The van der Waals surface area contributed by atoms with Crippen molar-refractivity contribution in [3.63, 3.8) is 0 Å². The fraction of sp³-hybridized carbons (Fsp3) is 0.167. The second kappa shape index (κ2) is 7.21. The smallest absolute Gasteiger partial charge is 0.225 e. The molecule has 1 aromatic carbocycles. The second-order valence-electron chi connectivity index (χ2n) is 5.75. The van der Waals surface area contributed by atoms with E-state index in [2.05, 4.69) is 25.6 Å². The topological polar surface area (TPSA) is 62.7 Å². The van der Waals surface area contributed by atoms with Gasteiger partial charge in [-0.1, -0.05) is 0 Å². The molecule has 0 atom stereocenters. The highest BCUT2D eigenvalue weighted by atomic mass is 19.2. The minimum absolute atomic E-state index is 0.142. The molecule has 128 valence electrons. The van der Waals surface area contributed by atoms with Crippen LogP contribution in [-0.4, -0.2) is 21.0 Å². The van der Waals surface area contributed by atoms with Gasteiger partial charge in [-0.25, -0.2) is 13.8 Å². The summed E-state index contributed by atoms with van der Waals surface area (Å²) in [5, 5.41) is 6.13. The molecule has 2 heterocycles. The van der Waals surface area contributed by atoms with Crippen LogP contribution < -0.4 is 10.6 Å². The number of benzene rings is 1. The Morgan fingerprint density at radius 2 is 1.68 bits per heavy atom. The number of rotatable bonds is 5. The predicted molar refractivity (Wildman–Crippen MR) is 93.7 cm³/mol. The molecule has 0 aliphatic heterocycles. The monoisotopic (exact) mass is 341 g/mol. The van der Waals surface area contributed by atoms with E-state index in [1.807, 2.05) is 26.0 Å². The van der Waals surface area contributed by atoms with Gasteiger partial charge in [0.15, 0.2) is 11.6 Å². The third-order valence-corrected chi connectivity index (χ3v) is 3.31. The van der Waals surface area contributed by atoms with Gasteiger partial charge in [-0.2, -0.15) is 4.98 Å². The van der Waals surface area contributed by atoms with E-state index >= 15 is 0 Å². The highest BCUT2D eigenvalue weighted by molar-refractivity contribution is 5.67. The Hall–Kier alpha value is -3.09. The number of halogens is 2. The normalized spacial score (nSPS) is 10.8. The summed E-state index contributed by atoms with van der Waals surface area (Å²) in [4.78, 5) is 12.9. The molecule has 0 fully saturated rings. The lowest BCUT2D eigenvalue weighted by molar-refractivity contribution is 0.509. The Bertz CT molecular complexity index is 869. The Morgan fingerprint density at radius 1 is 0.920 bits per heavy atom. The summed E-state index contributed by atoms with van der Waals surface area (Å²) in [5.41, 5.74) is 1.96. The Labute approximate surface area is 144 Å². The lowest BCUT2D eigenvalue weighted by Gasteiger charge is -2.13. The molecule has 0 radical (unpaired) electrons. The molecular weight excluding hydrogens is 324 g/mol. The van der Waals surface area contributed by atoms with Crippen molar-refractivity contribution >= 4 is 17.5 Å². The van der Waals surface area contributed by atoms with Gasteiger partial charge in [-0.15, -0.1) is 0 Å². The van der Waals surface area contributed by atoms with Crippen LogP contribution in [0.25, 0.3) is 11.3 Å². The van der Waals surface area contributed by atoms with Crippen LogP contribution in [0.1, 0.15) is 13.8 Å². The molecule has 0 amide bonds. The van der Waals surface area contributed by atoms with E-state index in [1.165, 1.54) is 6.07 Å². The first-order valence-electron chi connectivity index (χ1n) is 7.79. The van der Waals surface area contributed by atoms with E-state index in [0.29, 0.717) is 23.1 Å². The van der Waals surface area contributed by atoms with Crippen molar-refractivity contribution in [2.75, 3.05) is 10.6 Å². The maximum atomic E-state index is 13.4. The van der Waals surface area contributed by atoms with Crippen LogP contribution in [0.2, 0.25) is 0 Å². The Morgan fingerprint density at radius 3 is 2.36 bits per heavy atom. The minimum atomic E-state index is -0.922. The van der Waals surface area contributed by atoms with E-state index in [9.17, 15) is 8.78 Å². The zero-order valence-corrected chi connectivity index (χ0v) is 13.8.